The first kappa shape index (κ1) is 36.9. The number of carbonyl (C=O) groups is 2. The number of methoxy groups -OCH3 is 2. The van der Waals surface area contributed by atoms with Crippen molar-refractivity contribution in [2.24, 2.45) is 0 Å². The molecule has 4 heterocycles. The summed E-state index contributed by atoms with van der Waals surface area (Å²) in [6, 6.07) is 20.1. The predicted molar refractivity (Wildman–Crippen MR) is 188 cm³/mol. The Bertz CT molecular complexity index is 1920. The molecule has 6 rings (SSSR count). The number of carbonyl (C=O) groups excluding carboxylic acids is 2. The standard InChI is InChI=1S/C20H25BO6.C18H16N2O4/c1-13-14(11-17(25-13)18(22)23-6)12-24-16-9-7-15(8-10-16)21-26-19(2,3)20(4,5)27-21;1-12-14(10-16(24-12)18(21)22-2)11-23-15-6-4-13(5-7-15)17-19-8-3-9-20-17/h7-11H,12H2,1-6H3;3-10H,11H2,1-2H3. The number of aryl methyl sites for hydroxylation is 2. The molecule has 0 N–H and O–H groups in total. The molecular formula is C38H41BN2O10. The van der Waals surface area contributed by atoms with Gasteiger partial charge in [-0.2, -0.15) is 0 Å². The van der Waals surface area contributed by atoms with E-state index in [2.05, 4.69) is 19.4 Å². The number of nitrogens with zero attached hydrogens (tertiary/aromatic N) is 2. The summed E-state index contributed by atoms with van der Waals surface area (Å²) in [4.78, 5) is 31.4. The average Bonchev–Trinajstić information content (AvgIpc) is 3.77. The molecule has 2 aromatic carbocycles. The molecule has 0 aliphatic carbocycles. The monoisotopic (exact) mass is 696 g/mol. The van der Waals surface area contributed by atoms with Crippen LogP contribution in [0.15, 0.2) is 88.0 Å². The summed E-state index contributed by atoms with van der Waals surface area (Å²) in [5.41, 5.74) is 2.70. The average molecular weight is 697 g/mol. The Morgan fingerprint density at radius 1 is 0.686 bits per heavy atom. The van der Waals surface area contributed by atoms with E-state index in [1.165, 1.54) is 14.2 Å². The first-order valence-electron chi connectivity index (χ1n) is 16.2. The number of hydrogen-bond donors (Lipinski definition) is 0. The van der Waals surface area contributed by atoms with Crippen LogP contribution in [0, 0.1) is 13.8 Å². The second-order valence-electron chi connectivity index (χ2n) is 12.7. The highest BCUT2D eigenvalue weighted by Gasteiger charge is 2.51. The third-order valence-electron chi connectivity index (χ3n) is 8.69. The van der Waals surface area contributed by atoms with Gasteiger partial charge < -0.3 is 37.1 Å². The zero-order valence-corrected chi connectivity index (χ0v) is 30.0. The molecule has 12 nitrogen and oxygen atoms in total. The third kappa shape index (κ3) is 8.86. The lowest BCUT2D eigenvalue weighted by Crippen LogP contribution is -2.41. The van der Waals surface area contributed by atoms with Crippen LogP contribution < -0.4 is 14.9 Å². The Labute approximate surface area is 297 Å². The van der Waals surface area contributed by atoms with E-state index < -0.39 is 19.1 Å². The van der Waals surface area contributed by atoms with Gasteiger partial charge in [0, 0.05) is 29.1 Å². The highest BCUT2D eigenvalue weighted by molar-refractivity contribution is 6.62. The minimum atomic E-state index is -0.504. The van der Waals surface area contributed by atoms with Gasteiger partial charge in [0.25, 0.3) is 0 Å². The lowest BCUT2D eigenvalue weighted by Gasteiger charge is -2.32. The minimum absolute atomic E-state index is 0.171. The highest BCUT2D eigenvalue weighted by Crippen LogP contribution is 2.36. The molecule has 5 aromatic rings. The van der Waals surface area contributed by atoms with E-state index >= 15 is 0 Å². The normalized spacial score (nSPS) is 14.3. The molecule has 1 aliphatic rings. The molecule has 0 amide bonds. The SMILES string of the molecule is COC(=O)c1cc(COc2ccc(-c3ncccn3)cc2)c(C)o1.COC(=O)c1cc(COc2ccc(B3OC(C)(C)C(C)(C)O3)cc2)c(C)o1. The minimum Gasteiger partial charge on any atom is -0.489 e. The van der Waals surface area contributed by atoms with Gasteiger partial charge in [-0.1, -0.05) is 12.1 Å². The van der Waals surface area contributed by atoms with E-state index in [1.54, 1.807) is 44.4 Å². The molecule has 0 unspecified atom stereocenters. The van der Waals surface area contributed by atoms with Crippen LogP contribution >= 0.6 is 0 Å². The van der Waals surface area contributed by atoms with E-state index in [9.17, 15) is 9.59 Å². The summed E-state index contributed by atoms with van der Waals surface area (Å²) in [5.74, 6) is 2.67. The molecule has 0 atom stereocenters. The quantitative estimate of drug-likeness (QED) is 0.114. The van der Waals surface area contributed by atoms with Gasteiger partial charge in [0.1, 0.15) is 36.2 Å². The molecule has 0 bridgehead atoms. The molecule has 0 radical (unpaired) electrons. The topological polar surface area (TPSA) is 142 Å². The summed E-state index contributed by atoms with van der Waals surface area (Å²) in [6.07, 6.45) is 3.40. The van der Waals surface area contributed by atoms with Gasteiger partial charge >= 0.3 is 19.1 Å². The maximum absolute atomic E-state index is 11.5. The summed E-state index contributed by atoms with van der Waals surface area (Å²) in [6.45, 7) is 12.3. The van der Waals surface area contributed by atoms with Crippen molar-refractivity contribution in [2.45, 2.75) is 66.0 Å². The number of rotatable bonds is 10. The number of aromatic nitrogens is 2. The maximum atomic E-state index is 11.5. The summed E-state index contributed by atoms with van der Waals surface area (Å²) in [7, 11) is 2.23. The molecule has 0 spiro atoms. The molecule has 51 heavy (non-hydrogen) atoms. The Balaban J connectivity index is 0.000000199. The van der Waals surface area contributed by atoms with Crippen molar-refractivity contribution < 1.29 is 46.7 Å². The van der Waals surface area contributed by atoms with Gasteiger partial charge in [-0.3, -0.25) is 0 Å². The van der Waals surface area contributed by atoms with E-state index in [0.29, 0.717) is 42.1 Å². The van der Waals surface area contributed by atoms with Crippen molar-refractivity contribution in [1.82, 2.24) is 9.97 Å². The van der Waals surface area contributed by atoms with Crippen molar-refractivity contribution >= 4 is 24.5 Å². The maximum Gasteiger partial charge on any atom is 0.494 e. The molecule has 1 aliphatic heterocycles. The third-order valence-corrected chi connectivity index (χ3v) is 8.69. The lowest BCUT2D eigenvalue weighted by atomic mass is 9.79. The van der Waals surface area contributed by atoms with E-state index in [4.69, 9.17) is 27.6 Å². The van der Waals surface area contributed by atoms with E-state index in [1.807, 2.05) is 76.2 Å². The molecule has 0 saturated carbocycles. The van der Waals surface area contributed by atoms with Crippen molar-refractivity contribution in [1.29, 1.82) is 0 Å². The Kier molecular flexibility index (Phi) is 11.3. The fraction of sp³-hybridized carbons (Fsp3) is 0.316. The molecule has 3 aromatic heterocycles. The summed E-state index contributed by atoms with van der Waals surface area (Å²) in [5, 5.41) is 0. The van der Waals surface area contributed by atoms with Crippen LogP contribution in [0.25, 0.3) is 11.4 Å². The van der Waals surface area contributed by atoms with Gasteiger partial charge in [0.2, 0.25) is 11.5 Å². The second-order valence-corrected chi connectivity index (χ2v) is 12.7. The van der Waals surface area contributed by atoms with E-state index in [0.717, 1.165) is 22.2 Å². The fourth-order valence-electron chi connectivity index (χ4n) is 4.90. The van der Waals surface area contributed by atoms with Gasteiger partial charge in [0.05, 0.1) is 25.4 Å². The fourth-order valence-corrected chi connectivity index (χ4v) is 4.90. The Morgan fingerprint density at radius 2 is 1.12 bits per heavy atom. The first-order chi connectivity index (χ1) is 24.3. The summed E-state index contributed by atoms with van der Waals surface area (Å²) >= 11 is 0. The second kappa shape index (κ2) is 15.7. The Hall–Kier alpha value is -5.40. The van der Waals surface area contributed by atoms with Crippen molar-refractivity contribution in [3.8, 4) is 22.9 Å². The number of esters is 2. The first-order valence-corrected chi connectivity index (χ1v) is 16.2. The van der Waals surface area contributed by atoms with Crippen molar-refractivity contribution in [3.05, 3.63) is 113 Å². The van der Waals surface area contributed by atoms with Crippen LogP contribution in [-0.4, -0.2) is 54.4 Å². The van der Waals surface area contributed by atoms with Gasteiger partial charge in [-0.05, 0) is 102 Å². The lowest BCUT2D eigenvalue weighted by molar-refractivity contribution is 0.00578. The molecule has 13 heteroatoms. The van der Waals surface area contributed by atoms with Gasteiger partial charge in [-0.15, -0.1) is 0 Å². The number of hydrogen-bond acceptors (Lipinski definition) is 12. The van der Waals surface area contributed by atoms with Crippen LogP contribution in [-0.2, 0) is 32.0 Å². The zero-order valence-electron chi connectivity index (χ0n) is 30.0. The smallest absolute Gasteiger partial charge is 0.489 e. The summed E-state index contributed by atoms with van der Waals surface area (Å²) < 4.78 is 43.7. The molecular weight excluding hydrogens is 655 g/mol. The zero-order chi connectivity index (χ0) is 36.8. The van der Waals surface area contributed by atoms with Crippen LogP contribution in [0.1, 0.15) is 71.5 Å². The predicted octanol–water partition coefficient (Wildman–Crippen LogP) is 6.66. The van der Waals surface area contributed by atoms with Crippen molar-refractivity contribution in [2.75, 3.05) is 14.2 Å². The molecule has 1 fully saturated rings. The molecule has 1 saturated heterocycles. The highest BCUT2D eigenvalue weighted by atomic mass is 16.7. The van der Waals surface area contributed by atoms with Gasteiger partial charge in [0.15, 0.2) is 5.82 Å². The number of benzene rings is 2. The van der Waals surface area contributed by atoms with Crippen molar-refractivity contribution in [3.63, 3.8) is 0 Å². The Morgan fingerprint density at radius 3 is 1.55 bits per heavy atom. The van der Waals surface area contributed by atoms with Gasteiger partial charge in [-0.25, -0.2) is 19.6 Å². The number of ether oxygens (including phenoxy) is 4. The van der Waals surface area contributed by atoms with Crippen LogP contribution in [0.2, 0.25) is 0 Å². The van der Waals surface area contributed by atoms with Crippen LogP contribution in [0.3, 0.4) is 0 Å². The van der Waals surface area contributed by atoms with E-state index in [-0.39, 0.29) is 22.7 Å². The van der Waals surface area contributed by atoms with Crippen LogP contribution in [0.5, 0.6) is 11.5 Å². The number of furan rings is 2. The largest absolute Gasteiger partial charge is 0.494 e. The van der Waals surface area contributed by atoms with Crippen LogP contribution in [0.4, 0.5) is 0 Å². The molecule has 266 valence electrons.